The van der Waals surface area contributed by atoms with E-state index in [0.717, 1.165) is 31.3 Å². The van der Waals surface area contributed by atoms with Gasteiger partial charge in [0, 0.05) is 11.9 Å². The van der Waals surface area contributed by atoms with Gasteiger partial charge in [-0.1, -0.05) is 15.9 Å². The standard InChI is InChI=1S/C13H26BBrN2O2.ClH/c1-12(2)13(3,4)19-14(18-12)10-5-7-16-11(9-10)17-8-6-15;/h10-11,16-17H,5-9H2,1-4H3;1H. The fourth-order valence-corrected chi connectivity index (χ4v) is 2.89. The fourth-order valence-electron chi connectivity index (χ4n) is 2.66. The van der Waals surface area contributed by atoms with Crippen LogP contribution in [0.2, 0.25) is 5.82 Å². The highest BCUT2D eigenvalue weighted by Crippen LogP contribution is 2.42. The molecule has 20 heavy (non-hydrogen) atoms. The topological polar surface area (TPSA) is 42.5 Å². The van der Waals surface area contributed by atoms with Gasteiger partial charge in [-0.15, -0.1) is 12.4 Å². The molecule has 0 aliphatic carbocycles. The Hall–Kier alpha value is 0.675. The summed E-state index contributed by atoms with van der Waals surface area (Å²) in [4.78, 5) is 0. The Labute approximate surface area is 137 Å². The van der Waals surface area contributed by atoms with Gasteiger partial charge in [0.1, 0.15) is 0 Å². The third-order valence-electron chi connectivity index (χ3n) is 4.59. The van der Waals surface area contributed by atoms with Gasteiger partial charge in [0.15, 0.2) is 0 Å². The van der Waals surface area contributed by atoms with Crippen LogP contribution in [0.15, 0.2) is 0 Å². The molecule has 0 aromatic heterocycles. The molecule has 2 rings (SSSR count). The van der Waals surface area contributed by atoms with Crippen LogP contribution in [0.25, 0.3) is 0 Å². The maximum absolute atomic E-state index is 6.17. The molecule has 0 aromatic rings. The van der Waals surface area contributed by atoms with Crippen LogP contribution in [0.4, 0.5) is 0 Å². The van der Waals surface area contributed by atoms with Crippen molar-refractivity contribution in [1.29, 1.82) is 0 Å². The maximum Gasteiger partial charge on any atom is 0.461 e. The van der Waals surface area contributed by atoms with E-state index in [1.807, 2.05) is 0 Å². The van der Waals surface area contributed by atoms with E-state index >= 15 is 0 Å². The zero-order valence-electron chi connectivity index (χ0n) is 12.9. The van der Waals surface area contributed by atoms with E-state index in [4.69, 9.17) is 9.31 Å². The van der Waals surface area contributed by atoms with E-state index < -0.39 is 0 Å². The van der Waals surface area contributed by atoms with Gasteiger partial charge in [-0.3, -0.25) is 0 Å². The molecule has 0 radical (unpaired) electrons. The molecule has 2 saturated heterocycles. The van der Waals surface area contributed by atoms with E-state index in [9.17, 15) is 0 Å². The summed E-state index contributed by atoms with van der Waals surface area (Å²) in [7, 11) is -0.0691. The van der Waals surface area contributed by atoms with Gasteiger partial charge in [0.25, 0.3) is 0 Å². The maximum atomic E-state index is 6.17. The number of hydrogen-bond donors (Lipinski definition) is 2. The molecule has 7 heteroatoms. The Kier molecular flexibility index (Phi) is 6.83. The van der Waals surface area contributed by atoms with Crippen LogP contribution in [-0.2, 0) is 9.31 Å². The van der Waals surface area contributed by atoms with Gasteiger partial charge in [0.2, 0.25) is 0 Å². The quantitative estimate of drug-likeness (QED) is 0.590. The molecule has 2 aliphatic heterocycles. The lowest BCUT2D eigenvalue weighted by atomic mass is 9.66. The predicted octanol–water partition coefficient (Wildman–Crippen LogP) is 2.56. The first-order chi connectivity index (χ1) is 8.86. The number of rotatable bonds is 4. The first kappa shape index (κ1) is 18.7. The van der Waals surface area contributed by atoms with E-state index in [0.29, 0.717) is 12.0 Å². The van der Waals surface area contributed by atoms with Crippen molar-refractivity contribution in [2.24, 2.45) is 0 Å². The van der Waals surface area contributed by atoms with Gasteiger partial charge < -0.3 is 19.9 Å². The van der Waals surface area contributed by atoms with Gasteiger partial charge >= 0.3 is 7.12 Å². The summed E-state index contributed by atoms with van der Waals surface area (Å²) in [5.74, 6) is 0.468. The summed E-state index contributed by atoms with van der Waals surface area (Å²) in [6, 6.07) is 0. The van der Waals surface area contributed by atoms with E-state index in [1.54, 1.807) is 0 Å². The zero-order chi connectivity index (χ0) is 14.1. The molecule has 4 nitrogen and oxygen atoms in total. The minimum atomic E-state index is -0.221. The first-order valence-corrected chi connectivity index (χ1v) is 8.36. The van der Waals surface area contributed by atoms with E-state index in [2.05, 4.69) is 54.3 Å². The van der Waals surface area contributed by atoms with Crippen molar-refractivity contribution in [3.8, 4) is 0 Å². The molecule has 118 valence electrons. The predicted molar refractivity (Wildman–Crippen MR) is 89.9 cm³/mol. The van der Waals surface area contributed by atoms with Crippen LogP contribution in [0.5, 0.6) is 0 Å². The molecule has 2 fully saturated rings. The van der Waals surface area contributed by atoms with Crippen molar-refractivity contribution in [1.82, 2.24) is 10.6 Å². The van der Waals surface area contributed by atoms with E-state index in [-0.39, 0.29) is 30.7 Å². The van der Waals surface area contributed by atoms with Crippen LogP contribution in [0.1, 0.15) is 40.5 Å². The molecule has 2 N–H and O–H groups in total. The molecular formula is C13H27BBrClN2O2. The third kappa shape index (κ3) is 4.11. The van der Waals surface area contributed by atoms with Gasteiger partial charge in [-0.25, -0.2) is 0 Å². The van der Waals surface area contributed by atoms with Crippen molar-refractivity contribution < 1.29 is 9.31 Å². The van der Waals surface area contributed by atoms with Crippen molar-refractivity contribution in [2.45, 2.75) is 63.7 Å². The number of halogens is 2. The Bertz CT molecular complexity index is 305. The molecular weight excluding hydrogens is 342 g/mol. The molecule has 2 unspecified atom stereocenters. The van der Waals surface area contributed by atoms with Crippen LogP contribution < -0.4 is 10.6 Å². The fraction of sp³-hybridized carbons (Fsp3) is 1.00. The van der Waals surface area contributed by atoms with Crippen molar-refractivity contribution in [2.75, 3.05) is 18.4 Å². The lowest BCUT2D eigenvalue weighted by molar-refractivity contribution is 0.00578. The highest BCUT2D eigenvalue weighted by Gasteiger charge is 2.54. The summed E-state index contributed by atoms with van der Waals surface area (Å²) in [5.41, 5.74) is -0.442. The smallest absolute Gasteiger partial charge is 0.403 e. The molecule has 0 bridgehead atoms. The minimum Gasteiger partial charge on any atom is -0.403 e. The third-order valence-corrected chi connectivity index (χ3v) is 4.98. The Morgan fingerprint density at radius 3 is 2.40 bits per heavy atom. The van der Waals surface area contributed by atoms with Crippen LogP contribution >= 0.6 is 28.3 Å². The summed E-state index contributed by atoms with van der Waals surface area (Å²) < 4.78 is 12.3. The average Bonchev–Trinajstić information content (AvgIpc) is 2.56. The molecule has 0 amide bonds. The SMILES string of the molecule is CC1(C)OB(C2CCNC(NCCBr)C2)OC1(C)C.Cl. The second-order valence-electron chi connectivity index (χ2n) is 6.56. The molecule has 2 aliphatic rings. The zero-order valence-corrected chi connectivity index (χ0v) is 15.3. The summed E-state index contributed by atoms with van der Waals surface area (Å²) >= 11 is 3.45. The monoisotopic (exact) mass is 368 g/mol. The molecule has 0 spiro atoms. The van der Waals surface area contributed by atoms with E-state index in [1.165, 1.54) is 0 Å². The largest absolute Gasteiger partial charge is 0.461 e. The Morgan fingerprint density at radius 2 is 1.85 bits per heavy atom. The molecule has 2 heterocycles. The van der Waals surface area contributed by atoms with Gasteiger partial charge in [-0.2, -0.15) is 0 Å². The second kappa shape index (κ2) is 7.29. The lowest BCUT2D eigenvalue weighted by Crippen LogP contribution is -2.49. The molecule has 0 saturated carbocycles. The Balaban J connectivity index is 0.00000200. The number of alkyl halides is 1. The Morgan fingerprint density at radius 1 is 1.25 bits per heavy atom. The number of nitrogens with one attached hydrogen (secondary N) is 2. The molecule has 0 aromatic carbocycles. The highest BCUT2D eigenvalue weighted by molar-refractivity contribution is 9.09. The van der Waals surface area contributed by atoms with Crippen LogP contribution in [-0.4, -0.2) is 42.9 Å². The number of piperidine rings is 1. The summed E-state index contributed by atoms with van der Waals surface area (Å²) in [6.07, 6.45) is 2.54. The number of hydrogen-bond acceptors (Lipinski definition) is 4. The normalized spacial score (nSPS) is 31.9. The average molecular weight is 370 g/mol. The van der Waals surface area contributed by atoms with Gasteiger partial charge in [0.05, 0.1) is 17.4 Å². The van der Waals surface area contributed by atoms with Crippen molar-refractivity contribution in [3.63, 3.8) is 0 Å². The second-order valence-corrected chi connectivity index (χ2v) is 7.35. The van der Waals surface area contributed by atoms with Crippen molar-refractivity contribution in [3.05, 3.63) is 0 Å². The molecule has 2 atom stereocenters. The minimum absolute atomic E-state index is 0. The summed E-state index contributed by atoms with van der Waals surface area (Å²) in [6.45, 7) is 10.5. The van der Waals surface area contributed by atoms with Gasteiger partial charge in [-0.05, 0) is 52.9 Å². The lowest BCUT2D eigenvalue weighted by Gasteiger charge is -2.32. The van der Waals surface area contributed by atoms with Crippen molar-refractivity contribution >= 4 is 35.5 Å². The highest BCUT2D eigenvalue weighted by atomic mass is 79.9. The van der Waals surface area contributed by atoms with Crippen LogP contribution in [0.3, 0.4) is 0 Å². The van der Waals surface area contributed by atoms with Crippen LogP contribution in [0, 0.1) is 0 Å². The summed E-state index contributed by atoms with van der Waals surface area (Å²) in [5, 5.41) is 7.98. The first-order valence-electron chi connectivity index (χ1n) is 7.24.